The zero-order valence-corrected chi connectivity index (χ0v) is 16.4. The predicted octanol–water partition coefficient (Wildman–Crippen LogP) is 2.68. The Morgan fingerprint density at radius 2 is 2.19 bits per heavy atom. The SMILES string of the molecule is CC(C)CC(CN)NC(=O)Cn1cnc2scc(-c3cccs3)c2c1=O. The largest absolute Gasteiger partial charge is 0.351 e. The highest BCUT2D eigenvalue weighted by atomic mass is 32.1. The molecule has 0 aliphatic heterocycles. The molecule has 0 spiro atoms. The molecule has 0 bridgehead atoms. The maximum absolute atomic E-state index is 12.9. The van der Waals surface area contributed by atoms with Crippen molar-refractivity contribution in [1.82, 2.24) is 14.9 Å². The van der Waals surface area contributed by atoms with Gasteiger partial charge in [0.2, 0.25) is 5.91 Å². The summed E-state index contributed by atoms with van der Waals surface area (Å²) >= 11 is 3.02. The molecule has 0 aliphatic carbocycles. The number of carbonyl (C=O) groups is 1. The summed E-state index contributed by atoms with van der Waals surface area (Å²) < 4.78 is 1.37. The molecule has 1 unspecified atom stereocenters. The number of nitrogens with zero attached hydrogens (tertiary/aromatic N) is 2. The summed E-state index contributed by atoms with van der Waals surface area (Å²) in [6, 6.07) is 3.85. The van der Waals surface area contributed by atoms with Crippen LogP contribution in [0, 0.1) is 5.92 Å². The van der Waals surface area contributed by atoms with Gasteiger partial charge in [-0.2, -0.15) is 0 Å². The zero-order chi connectivity index (χ0) is 18.7. The summed E-state index contributed by atoms with van der Waals surface area (Å²) in [4.78, 5) is 31.3. The van der Waals surface area contributed by atoms with Gasteiger partial charge in [0.1, 0.15) is 11.4 Å². The van der Waals surface area contributed by atoms with Crippen molar-refractivity contribution < 1.29 is 4.79 Å². The third-order valence-electron chi connectivity index (χ3n) is 4.07. The number of fused-ring (bicyclic) bond motifs is 1. The molecule has 0 saturated carbocycles. The molecule has 1 atom stereocenters. The molecule has 3 aromatic heterocycles. The van der Waals surface area contributed by atoms with E-state index < -0.39 is 0 Å². The lowest BCUT2D eigenvalue weighted by atomic mass is 10.0. The number of rotatable bonds is 7. The van der Waals surface area contributed by atoms with Crippen molar-refractivity contribution >= 4 is 38.8 Å². The van der Waals surface area contributed by atoms with Crippen LogP contribution < -0.4 is 16.6 Å². The first-order valence-corrected chi connectivity index (χ1v) is 10.3. The van der Waals surface area contributed by atoms with Gasteiger partial charge in [-0.25, -0.2) is 4.98 Å². The summed E-state index contributed by atoms with van der Waals surface area (Å²) in [5.74, 6) is 0.209. The van der Waals surface area contributed by atoms with Crippen molar-refractivity contribution in [2.24, 2.45) is 11.7 Å². The normalized spacial score (nSPS) is 12.6. The number of aromatic nitrogens is 2. The smallest absolute Gasteiger partial charge is 0.263 e. The van der Waals surface area contributed by atoms with Gasteiger partial charge in [0.05, 0.1) is 11.7 Å². The Balaban J connectivity index is 1.85. The Morgan fingerprint density at radius 3 is 2.85 bits per heavy atom. The first kappa shape index (κ1) is 18.8. The van der Waals surface area contributed by atoms with E-state index in [4.69, 9.17) is 5.73 Å². The van der Waals surface area contributed by atoms with Crippen molar-refractivity contribution in [3.8, 4) is 10.4 Å². The van der Waals surface area contributed by atoms with E-state index in [9.17, 15) is 9.59 Å². The van der Waals surface area contributed by atoms with Gasteiger partial charge in [0.25, 0.3) is 5.56 Å². The van der Waals surface area contributed by atoms with Gasteiger partial charge in [0, 0.05) is 28.4 Å². The molecule has 0 aliphatic rings. The van der Waals surface area contributed by atoms with Gasteiger partial charge < -0.3 is 11.1 Å². The molecule has 138 valence electrons. The van der Waals surface area contributed by atoms with Crippen LogP contribution in [-0.4, -0.2) is 28.0 Å². The summed E-state index contributed by atoms with van der Waals surface area (Å²) in [7, 11) is 0. The molecule has 3 aromatic rings. The van der Waals surface area contributed by atoms with Crippen molar-refractivity contribution in [3.63, 3.8) is 0 Å². The summed E-state index contributed by atoms with van der Waals surface area (Å²) in [5.41, 5.74) is 6.42. The van der Waals surface area contributed by atoms with E-state index in [-0.39, 0.29) is 24.1 Å². The lowest BCUT2D eigenvalue weighted by molar-refractivity contribution is -0.122. The fourth-order valence-electron chi connectivity index (χ4n) is 2.90. The minimum atomic E-state index is -0.225. The van der Waals surface area contributed by atoms with Crippen LogP contribution in [0.3, 0.4) is 0 Å². The predicted molar refractivity (Wildman–Crippen MR) is 108 cm³/mol. The summed E-state index contributed by atoms with van der Waals surface area (Å²) in [5, 5.41) is 7.41. The van der Waals surface area contributed by atoms with Crippen LogP contribution in [0.15, 0.2) is 34.0 Å². The highest BCUT2D eigenvalue weighted by Crippen LogP contribution is 2.33. The van der Waals surface area contributed by atoms with E-state index in [0.29, 0.717) is 22.7 Å². The van der Waals surface area contributed by atoms with Crippen molar-refractivity contribution in [1.29, 1.82) is 0 Å². The fourth-order valence-corrected chi connectivity index (χ4v) is 4.63. The molecule has 0 fully saturated rings. The topological polar surface area (TPSA) is 90.0 Å². The minimum Gasteiger partial charge on any atom is -0.351 e. The van der Waals surface area contributed by atoms with Gasteiger partial charge in [-0.1, -0.05) is 19.9 Å². The van der Waals surface area contributed by atoms with Crippen LogP contribution in [0.25, 0.3) is 20.7 Å². The van der Waals surface area contributed by atoms with Gasteiger partial charge in [-0.15, -0.1) is 22.7 Å². The number of carbonyl (C=O) groups excluding carboxylic acids is 1. The van der Waals surface area contributed by atoms with Gasteiger partial charge in [0.15, 0.2) is 0 Å². The Morgan fingerprint density at radius 1 is 1.38 bits per heavy atom. The highest BCUT2D eigenvalue weighted by molar-refractivity contribution is 7.18. The van der Waals surface area contributed by atoms with Crippen LogP contribution in [-0.2, 0) is 11.3 Å². The van der Waals surface area contributed by atoms with E-state index in [1.807, 2.05) is 22.9 Å². The second kappa shape index (κ2) is 8.11. The second-order valence-corrected chi connectivity index (χ2v) is 8.42. The number of nitrogens with one attached hydrogen (secondary N) is 1. The zero-order valence-electron chi connectivity index (χ0n) is 14.8. The molecular weight excluding hydrogens is 368 g/mol. The molecule has 6 nitrogen and oxygen atoms in total. The van der Waals surface area contributed by atoms with Crippen molar-refractivity contribution in [2.75, 3.05) is 6.54 Å². The Kier molecular flexibility index (Phi) is 5.85. The molecule has 0 radical (unpaired) electrons. The maximum atomic E-state index is 12.9. The first-order chi connectivity index (χ1) is 12.5. The highest BCUT2D eigenvalue weighted by Gasteiger charge is 2.17. The van der Waals surface area contributed by atoms with E-state index >= 15 is 0 Å². The Hall–Kier alpha value is -2.03. The van der Waals surface area contributed by atoms with Crippen LogP contribution in [0.2, 0.25) is 0 Å². The molecule has 26 heavy (non-hydrogen) atoms. The average Bonchev–Trinajstić information content (AvgIpc) is 3.25. The number of hydrogen-bond donors (Lipinski definition) is 2. The van der Waals surface area contributed by atoms with Crippen molar-refractivity contribution in [2.45, 2.75) is 32.9 Å². The fraction of sp³-hybridized carbons (Fsp3) is 0.389. The lowest BCUT2D eigenvalue weighted by Gasteiger charge is -2.19. The molecule has 3 rings (SSSR count). The van der Waals surface area contributed by atoms with Gasteiger partial charge in [-0.3, -0.25) is 14.2 Å². The third-order valence-corrected chi connectivity index (χ3v) is 5.86. The minimum absolute atomic E-state index is 0.0594. The Labute approximate surface area is 159 Å². The molecule has 0 saturated heterocycles. The van der Waals surface area contributed by atoms with E-state index in [1.54, 1.807) is 11.3 Å². The standard InChI is InChI=1S/C18H22N4O2S2/c1-11(2)6-12(7-19)21-15(23)8-22-10-20-17-16(18(22)24)13(9-26-17)14-4-3-5-25-14/h3-5,9-12H,6-8,19H2,1-2H3,(H,21,23). The monoisotopic (exact) mass is 390 g/mol. The lowest BCUT2D eigenvalue weighted by Crippen LogP contribution is -2.43. The summed E-state index contributed by atoms with van der Waals surface area (Å²) in [6.45, 7) is 4.49. The van der Waals surface area contributed by atoms with Crippen molar-refractivity contribution in [3.05, 3.63) is 39.6 Å². The molecule has 0 aromatic carbocycles. The van der Waals surface area contributed by atoms with E-state index in [1.165, 1.54) is 22.2 Å². The quantitative estimate of drug-likeness (QED) is 0.649. The molecule has 8 heteroatoms. The van der Waals surface area contributed by atoms with E-state index in [2.05, 4.69) is 24.1 Å². The van der Waals surface area contributed by atoms with Crippen LogP contribution >= 0.6 is 22.7 Å². The summed E-state index contributed by atoms with van der Waals surface area (Å²) in [6.07, 6.45) is 2.25. The van der Waals surface area contributed by atoms with Crippen LogP contribution in [0.5, 0.6) is 0 Å². The molecular formula is C18H22N4O2S2. The number of thiophene rings is 2. The first-order valence-electron chi connectivity index (χ1n) is 8.49. The average molecular weight is 391 g/mol. The number of nitrogens with two attached hydrogens (primary N) is 1. The van der Waals surface area contributed by atoms with E-state index in [0.717, 1.165) is 16.9 Å². The van der Waals surface area contributed by atoms with Gasteiger partial charge >= 0.3 is 0 Å². The number of amides is 1. The van der Waals surface area contributed by atoms with Crippen LogP contribution in [0.4, 0.5) is 0 Å². The van der Waals surface area contributed by atoms with Gasteiger partial charge in [-0.05, 0) is 23.8 Å². The second-order valence-electron chi connectivity index (χ2n) is 6.61. The molecule has 3 heterocycles. The number of hydrogen-bond acceptors (Lipinski definition) is 6. The van der Waals surface area contributed by atoms with Crippen LogP contribution in [0.1, 0.15) is 20.3 Å². The maximum Gasteiger partial charge on any atom is 0.263 e. The third kappa shape index (κ3) is 4.03. The molecule has 3 N–H and O–H groups in total. The Bertz CT molecular complexity index is 944. The molecule has 1 amide bonds.